The Hall–Kier alpha value is -0.430. The van der Waals surface area contributed by atoms with Crippen LogP contribution < -0.4 is 5.73 Å². The third-order valence-corrected chi connectivity index (χ3v) is 6.88. The van der Waals surface area contributed by atoms with Gasteiger partial charge in [-0.25, -0.2) is 8.42 Å². The SMILES string of the molecule is CCN(C1CCCC1)S(=O)(=O)c1cc(CN)ccc1Br. The van der Waals surface area contributed by atoms with Crippen LogP contribution in [0.25, 0.3) is 0 Å². The Bertz CT molecular complexity index is 569. The van der Waals surface area contributed by atoms with Crippen LogP contribution in [0.2, 0.25) is 0 Å². The summed E-state index contributed by atoms with van der Waals surface area (Å²) in [6, 6.07) is 5.42. The Morgan fingerprint density at radius 3 is 2.55 bits per heavy atom. The molecule has 0 bridgehead atoms. The van der Waals surface area contributed by atoms with Gasteiger partial charge in [-0.05, 0) is 46.5 Å². The van der Waals surface area contributed by atoms with Crippen molar-refractivity contribution >= 4 is 26.0 Å². The Balaban J connectivity index is 2.42. The summed E-state index contributed by atoms with van der Waals surface area (Å²) in [6.07, 6.45) is 4.14. The lowest BCUT2D eigenvalue weighted by Gasteiger charge is -2.27. The summed E-state index contributed by atoms with van der Waals surface area (Å²) in [4.78, 5) is 0.328. The molecule has 20 heavy (non-hydrogen) atoms. The number of benzene rings is 1. The lowest BCUT2D eigenvalue weighted by Crippen LogP contribution is -2.38. The van der Waals surface area contributed by atoms with E-state index < -0.39 is 10.0 Å². The maximum Gasteiger partial charge on any atom is 0.244 e. The topological polar surface area (TPSA) is 63.4 Å². The van der Waals surface area contributed by atoms with Gasteiger partial charge in [0.15, 0.2) is 0 Å². The molecule has 2 rings (SSSR count). The van der Waals surface area contributed by atoms with Crippen molar-refractivity contribution in [2.75, 3.05) is 6.54 Å². The van der Waals surface area contributed by atoms with E-state index >= 15 is 0 Å². The van der Waals surface area contributed by atoms with E-state index in [1.807, 2.05) is 13.0 Å². The number of nitrogens with zero attached hydrogens (tertiary/aromatic N) is 1. The van der Waals surface area contributed by atoms with E-state index in [1.54, 1.807) is 16.4 Å². The highest BCUT2D eigenvalue weighted by atomic mass is 79.9. The molecule has 0 saturated heterocycles. The van der Waals surface area contributed by atoms with Crippen molar-refractivity contribution in [3.05, 3.63) is 28.2 Å². The minimum atomic E-state index is -3.47. The first-order valence-electron chi connectivity index (χ1n) is 7.01. The van der Waals surface area contributed by atoms with Gasteiger partial charge in [-0.2, -0.15) is 4.31 Å². The average molecular weight is 361 g/mol. The van der Waals surface area contributed by atoms with Crippen LogP contribution in [-0.4, -0.2) is 25.3 Å². The fraction of sp³-hybridized carbons (Fsp3) is 0.571. The minimum Gasteiger partial charge on any atom is -0.326 e. The summed E-state index contributed by atoms with van der Waals surface area (Å²) in [5.74, 6) is 0. The summed E-state index contributed by atoms with van der Waals surface area (Å²) in [7, 11) is -3.47. The second kappa shape index (κ2) is 6.56. The first-order valence-corrected chi connectivity index (χ1v) is 9.24. The summed E-state index contributed by atoms with van der Waals surface area (Å²) >= 11 is 3.35. The Morgan fingerprint density at radius 2 is 2.00 bits per heavy atom. The maximum atomic E-state index is 12.9. The zero-order valence-electron chi connectivity index (χ0n) is 11.7. The molecule has 0 spiro atoms. The monoisotopic (exact) mass is 360 g/mol. The molecule has 1 aliphatic carbocycles. The van der Waals surface area contributed by atoms with E-state index in [4.69, 9.17) is 5.73 Å². The van der Waals surface area contributed by atoms with Crippen molar-refractivity contribution in [2.24, 2.45) is 5.73 Å². The minimum absolute atomic E-state index is 0.137. The Morgan fingerprint density at radius 1 is 1.35 bits per heavy atom. The predicted octanol–water partition coefficient (Wildman–Crippen LogP) is 2.86. The number of hydrogen-bond donors (Lipinski definition) is 1. The molecule has 0 heterocycles. The quantitative estimate of drug-likeness (QED) is 0.877. The van der Waals surface area contributed by atoms with E-state index in [0.29, 0.717) is 22.5 Å². The number of halogens is 1. The second-order valence-electron chi connectivity index (χ2n) is 5.12. The Labute approximate surface area is 129 Å². The van der Waals surface area contributed by atoms with Crippen LogP contribution in [0, 0.1) is 0 Å². The van der Waals surface area contributed by atoms with Crippen molar-refractivity contribution in [2.45, 2.75) is 50.1 Å². The van der Waals surface area contributed by atoms with Gasteiger partial charge in [-0.15, -0.1) is 0 Å². The first-order chi connectivity index (χ1) is 9.50. The van der Waals surface area contributed by atoms with Gasteiger partial charge in [0.1, 0.15) is 0 Å². The highest BCUT2D eigenvalue weighted by molar-refractivity contribution is 9.10. The van der Waals surface area contributed by atoms with E-state index in [2.05, 4.69) is 15.9 Å². The molecule has 6 heteroatoms. The van der Waals surface area contributed by atoms with Gasteiger partial charge in [0.2, 0.25) is 10.0 Å². The van der Waals surface area contributed by atoms with Crippen LogP contribution in [0.4, 0.5) is 0 Å². The van der Waals surface area contributed by atoms with Gasteiger partial charge in [0.05, 0.1) is 4.90 Å². The number of sulfonamides is 1. The molecule has 1 fully saturated rings. The van der Waals surface area contributed by atoms with E-state index in [-0.39, 0.29) is 6.04 Å². The summed E-state index contributed by atoms with van der Waals surface area (Å²) in [5.41, 5.74) is 6.45. The van der Waals surface area contributed by atoms with Gasteiger partial charge in [0.25, 0.3) is 0 Å². The van der Waals surface area contributed by atoms with Crippen molar-refractivity contribution < 1.29 is 8.42 Å². The van der Waals surface area contributed by atoms with E-state index in [0.717, 1.165) is 31.2 Å². The predicted molar refractivity (Wildman–Crippen MR) is 83.9 cm³/mol. The molecule has 0 atom stereocenters. The summed E-state index contributed by atoms with van der Waals surface area (Å²) in [6.45, 7) is 2.74. The van der Waals surface area contributed by atoms with Crippen LogP contribution in [0.1, 0.15) is 38.2 Å². The fourth-order valence-corrected chi connectivity index (χ4v) is 5.49. The molecule has 0 radical (unpaired) electrons. The zero-order chi connectivity index (χ0) is 14.8. The van der Waals surface area contributed by atoms with Crippen molar-refractivity contribution in [1.29, 1.82) is 0 Å². The third kappa shape index (κ3) is 3.08. The highest BCUT2D eigenvalue weighted by Gasteiger charge is 2.33. The zero-order valence-corrected chi connectivity index (χ0v) is 14.1. The molecule has 112 valence electrons. The third-order valence-electron chi connectivity index (χ3n) is 3.86. The van der Waals surface area contributed by atoms with Crippen LogP contribution >= 0.6 is 15.9 Å². The van der Waals surface area contributed by atoms with Gasteiger partial charge >= 0.3 is 0 Å². The van der Waals surface area contributed by atoms with Crippen LogP contribution in [0.15, 0.2) is 27.6 Å². The molecule has 0 aromatic heterocycles. The van der Waals surface area contributed by atoms with Crippen LogP contribution in [-0.2, 0) is 16.6 Å². The van der Waals surface area contributed by atoms with E-state index in [1.165, 1.54) is 0 Å². The molecule has 0 amide bonds. The number of nitrogens with two attached hydrogens (primary N) is 1. The lowest BCUT2D eigenvalue weighted by molar-refractivity contribution is 0.335. The molecule has 1 aromatic rings. The highest BCUT2D eigenvalue weighted by Crippen LogP contribution is 2.31. The summed E-state index contributed by atoms with van der Waals surface area (Å²) < 4.78 is 28.0. The molecule has 1 aliphatic rings. The molecule has 2 N–H and O–H groups in total. The summed E-state index contributed by atoms with van der Waals surface area (Å²) in [5, 5.41) is 0. The largest absolute Gasteiger partial charge is 0.326 e. The molecule has 0 aliphatic heterocycles. The Kier molecular flexibility index (Phi) is 5.23. The van der Waals surface area contributed by atoms with Gasteiger partial charge in [-0.3, -0.25) is 0 Å². The lowest BCUT2D eigenvalue weighted by atomic mass is 10.2. The van der Waals surface area contributed by atoms with Crippen LogP contribution in [0.3, 0.4) is 0 Å². The second-order valence-corrected chi connectivity index (χ2v) is 7.83. The number of rotatable bonds is 5. The van der Waals surface area contributed by atoms with E-state index in [9.17, 15) is 8.42 Å². The van der Waals surface area contributed by atoms with Gasteiger partial charge < -0.3 is 5.73 Å². The normalized spacial score (nSPS) is 17.0. The fourth-order valence-electron chi connectivity index (χ4n) is 2.82. The molecule has 0 unspecified atom stereocenters. The molecule has 4 nitrogen and oxygen atoms in total. The molecular formula is C14H21BrN2O2S. The van der Waals surface area contributed by atoms with Gasteiger partial charge in [-0.1, -0.05) is 25.8 Å². The maximum absolute atomic E-state index is 12.9. The van der Waals surface area contributed by atoms with Gasteiger partial charge in [0, 0.05) is 23.6 Å². The van der Waals surface area contributed by atoms with Crippen molar-refractivity contribution in [1.82, 2.24) is 4.31 Å². The van der Waals surface area contributed by atoms with Crippen molar-refractivity contribution in [3.8, 4) is 0 Å². The molecule has 1 saturated carbocycles. The molecular weight excluding hydrogens is 340 g/mol. The average Bonchev–Trinajstić information content (AvgIpc) is 2.93. The molecule has 1 aromatic carbocycles. The van der Waals surface area contributed by atoms with Crippen LogP contribution in [0.5, 0.6) is 0 Å². The smallest absolute Gasteiger partial charge is 0.244 e. The number of hydrogen-bond acceptors (Lipinski definition) is 3. The standard InChI is InChI=1S/C14H21BrN2O2S/c1-2-17(12-5-3-4-6-12)20(18,19)14-9-11(10-16)7-8-13(14)15/h7-9,12H,2-6,10,16H2,1H3. The first kappa shape index (κ1) is 15.9. The van der Waals surface area contributed by atoms with Crippen molar-refractivity contribution in [3.63, 3.8) is 0 Å².